The normalized spacial score (nSPS) is 10.7. The summed E-state index contributed by atoms with van der Waals surface area (Å²) in [5.41, 5.74) is 3.18. The van der Waals surface area contributed by atoms with Gasteiger partial charge in [-0.3, -0.25) is 19.0 Å². The minimum absolute atomic E-state index is 0.247. The lowest BCUT2D eigenvalue weighted by molar-refractivity contribution is 0.101. The van der Waals surface area contributed by atoms with Gasteiger partial charge in [-0.25, -0.2) is 0 Å². The zero-order valence-corrected chi connectivity index (χ0v) is 20.3. The maximum absolute atomic E-state index is 13.1. The van der Waals surface area contributed by atoms with E-state index in [4.69, 9.17) is 16.3 Å². The molecule has 0 saturated heterocycles. The molecule has 35 heavy (non-hydrogen) atoms. The highest BCUT2D eigenvalue weighted by Crippen LogP contribution is 2.24. The van der Waals surface area contributed by atoms with Gasteiger partial charge in [0, 0.05) is 19.2 Å². The minimum Gasteiger partial charge on any atom is -0.487 e. The summed E-state index contributed by atoms with van der Waals surface area (Å²) >= 11 is 6.14. The van der Waals surface area contributed by atoms with E-state index < -0.39 is 5.91 Å². The number of nitrogens with zero attached hydrogens (tertiary/aromatic N) is 4. The van der Waals surface area contributed by atoms with E-state index in [0.717, 1.165) is 11.3 Å². The summed E-state index contributed by atoms with van der Waals surface area (Å²) in [6.45, 7) is 4.42. The Kier molecular flexibility index (Phi) is 7.17. The molecule has 2 aromatic heterocycles. The molecule has 2 aromatic carbocycles. The fourth-order valence-corrected chi connectivity index (χ4v) is 3.67. The third-order valence-electron chi connectivity index (χ3n) is 5.51. The van der Waals surface area contributed by atoms with Crippen molar-refractivity contribution < 1.29 is 14.3 Å². The lowest BCUT2D eigenvalue weighted by Gasteiger charge is -2.11. The van der Waals surface area contributed by atoms with Crippen molar-refractivity contribution in [3.63, 3.8) is 0 Å². The summed E-state index contributed by atoms with van der Waals surface area (Å²) < 4.78 is 8.97. The molecule has 4 aromatic rings. The van der Waals surface area contributed by atoms with E-state index in [2.05, 4.69) is 20.8 Å². The number of aromatic nitrogens is 4. The van der Waals surface area contributed by atoms with E-state index in [1.807, 2.05) is 32.0 Å². The Labute approximate surface area is 207 Å². The zero-order chi connectivity index (χ0) is 24.9. The van der Waals surface area contributed by atoms with Crippen LogP contribution in [0.2, 0.25) is 5.02 Å². The average Bonchev–Trinajstić information content (AvgIpc) is 3.41. The van der Waals surface area contributed by atoms with Crippen LogP contribution in [-0.2, 0) is 20.2 Å². The highest BCUT2D eigenvalue weighted by atomic mass is 35.5. The van der Waals surface area contributed by atoms with Gasteiger partial charge in [-0.15, -0.1) is 0 Å². The molecule has 2 amide bonds. The van der Waals surface area contributed by atoms with Gasteiger partial charge < -0.3 is 15.4 Å². The van der Waals surface area contributed by atoms with Crippen LogP contribution in [0.15, 0.2) is 60.9 Å². The number of hydrogen-bond acceptors (Lipinski definition) is 5. The molecule has 0 spiro atoms. The van der Waals surface area contributed by atoms with Crippen LogP contribution in [-0.4, -0.2) is 31.4 Å². The number of benzene rings is 2. The molecular formula is C25H25ClN6O3. The summed E-state index contributed by atoms with van der Waals surface area (Å²) in [6.07, 6.45) is 3.05. The summed E-state index contributed by atoms with van der Waals surface area (Å²) in [5.74, 6) is -0.194. The summed E-state index contributed by atoms with van der Waals surface area (Å²) in [6, 6.07) is 14.3. The molecule has 180 valence electrons. The van der Waals surface area contributed by atoms with Gasteiger partial charge in [0.05, 0.1) is 34.5 Å². The molecule has 4 rings (SSSR count). The summed E-state index contributed by atoms with van der Waals surface area (Å²) in [7, 11) is 1.79. The van der Waals surface area contributed by atoms with E-state index in [-0.39, 0.29) is 18.2 Å². The van der Waals surface area contributed by atoms with Crippen molar-refractivity contribution in [3.8, 4) is 5.75 Å². The predicted octanol–water partition coefficient (Wildman–Crippen LogP) is 4.68. The maximum atomic E-state index is 13.1. The van der Waals surface area contributed by atoms with Crippen molar-refractivity contribution in [2.45, 2.75) is 27.0 Å². The van der Waals surface area contributed by atoms with Crippen molar-refractivity contribution >= 4 is 34.8 Å². The van der Waals surface area contributed by atoms with Gasteiger partial charge in [-0.05, 0) is 43.7 Å². The molecule has 2 heterocycles. The Bertz CT molecular complexity index is 1380. The average molecular weight is 493 g/mol. The Balaban J connectivity index is 1.49. The third-order valence-corrected chi connectivity index (χ3v) is 5.82. The van der Waals surface area contributed by atoms with Crippen LogP contribution in [0.3, 0.4) is 0 Å². The smallest absolute Gasteiger partial charge is 0.276 e. The Morgan fingerprint density at radius 2 is 1.74 bits per heavy atom. The number of carbonyl (C=O) groups excluding carboxylic acids is 2. The second-order valence-electron chi connectivity index (χ2n) is 7.82. The first-order valence-corrected chi connectivity index (χ1v) is 11.4. The van der Waals surface area contributed by atoms with Crippen LogP contribution < -0.4 is 15.4 Å². The van der Waals surface area contributed by atoms with E-state index >= 15 is 0 Å². The number of rotatable bonds is 8. The molecule has 0 bridgehead atoms. The number of anilines is 2. The molecule has 0 aliphatic heterocycles. The molecule has 0 atom stereocenters. The number of halogens is 1. The first-order chi connectivity index (χ1) is 16.9. The summed E-state index contributed by atoms with van der Waals surface area (Å²) in [5, 5.41) is 14.6. The lowest BCUT2D eigenvalue weighted by atomic mass is 10.1. The quantitative estimate of drug-likeness (QED) is 0.371. The summed E-state index contributed by atoms with van der Waals surface area (Å²) in [4.78, 5) is 26.1. The Morgan fingerprint density at radius 3 is 2.46 bits per heavy atom. The van der Waals surface area contributed by atoms with E-state index in [1.54, 1.807) is 48.3 Å². The number of nitrogens with one attached hydrogen (secondary N) is 2. The van der Waals surface area contributed by atoms with Crippen LogP contribution >= 0.6 is 11.6 Å². The predicted molar refractivity (Wildman–Crippen MR) is 134 cm³/mol. The molecule has 0 aliphatic carbocycles. The monoisotopic (exact) mass is 492 g/mol. The second-order valence-corrected chi connectivity index (χ2v) is 8.22. The number of aryl methyl sites for hydroxylation is 2. The van der Waals surface area contributed by atoms with Crippen molar-refractivity contribution in [3.05, 3.63) is 88.5 Å². The van der Waals surface area contributed by atoms with Gasteiger partial charge >= 0.3 is 0 Å². The highest BCUT2D eigenvalue weighted by molar-refractivity contribution is 6.32. The number of para-hydroxylation sites is 1. The first kappa shape index (κ1) is 24.0. The van der Waals surface area contributed by atoms with Gasteiger partial charge in [-0.2, -0.15) is 10.2 Å². The van der Waals surface area contributed by atoms with Crippen LogP contribution in [0.1, 0.15) is 39.0 Å². The SMILES string of the molecule is CCn1ncc(NC(=O)c2cccc(COc3ccccc3Cl)c2)c1C(=O)Nc1cnn(C)c1C. The van der Waals surface area contributed by atoms with Crippen molar-refractivity contribution in [2.24, 2.45) is 7.05 Å². The van der Waals surface area contributed by atoms with E-state index in [0.29, 0.717) is 34.3 Å². The van der Waals surface area contributed by atoms with Crippen LogP contribution in [0.5, 0.6) is 5.75 Å². The van der Waals surface area contributed by atoms with Crippen molar-refractivity contribution in [1.82, 2.24) is 19.6 Å². The number of carbonyl (C=O) groups is 2. The molecule has 10 heteroatoms. The van der Waals surface area contributed by atoms with Crippen LogP contribution in [0.4, 0.5) is 11.4 Å². The Morgan fingerprint density at radius 1 is 1.00 bits per heavy atom. The van der Waals surface area contributed by atoms with E-state index in [9.17, 15) is 9.59 Å². The highest BCUT2D eigenvalue weighted by Gasteiger charge is 2.21. The van der Waals surface area contributed by atoms with Crippen molar-refractivity contribution in [1.29, 1.82) is 0 Å². The minimum atomic E-state index is -0.391. The maximum Gasteiger partial charge on any atom is 0.276 e. The Hall–Kier alpha value is -4.11. The standard InChI is InChI=1S/C25H25ClN6O3/c1-4-32-23(25(34)29-20-13-27-31(3)16(20)2)21(14-28-32)30-24(33)18-9-7-8-17(12-18)15-35-22-11-6-5-10-19(22)26/h5-14H,4,15H2,1-3H3,(H,29,34)(H,30,33). The molecule has 0 fully saturated rings. The van der Waals surface area contributed by atoms with Crippen LogP contribution in [0, 0.1) is 6.92 Å². The molecule has 0 aliphatic rings. The molecular weight excluding hydrogens is 468 g/mol. The number of ether oxygens (including phenoxy) is 1. The molecule has 0 saturated carbocycles. The van der Waals surface area contributed by atoms with Gasteiger partial charge in [0.15, 0.2) is 0 Å². The first-order valence-electron chi connectivity index (χ1n) is 11.0. The van der Waals surface area contributed by atoms with Gasteiger partial charge in [0.2, 0.25) is 0 Å². The van der Waals surface area contributed by atoms with Crippen molar-refractivity contribution in [2.75, 3.05) is 10.6 Å². The fourth-order valence-electron chi connectivity index (χ4n) is 3.48. The molecule has 0 radical (unpaired) electrons. The molecule has 2 N–H and O–H groups in total. The number of hydrogen-bond donors (Lipinski definition) is 2. The third kappa shape index (κ3) is 5.36. The fraction of sp³-hybridized carbons (Fsp3) is 0.200. The lowest BCUT2D eigenvalue weighted by Crippen LogP contribution is -2.21. The molecule has 9 nitrogen and oxygen atoms in total. The van der Waals surface area contributed by atoms with Crippen LogP contribution in [0.25, 0.3) is 0 Å². The van der Waals surface area contributed by atoms with Gasteiger partial charge in [0.25, 0.3) is 11.8 Å². The van der Waals surface area contributed by atoms with E-state index in [1.165, 1.54) is 10.9 Å². The zero-order valence-electron chi connectivity index (χ0n) is 19.6. The van der Waals surface area contributed by atoms with Gasteiger partial charge in [-0.1, -0.05) is 35.9 Å². The second kappa shape index (κ2) is 10.4. The topological polar surface area (TPSA) is 103 Å². The van der Waals surface area contributed by atoms with Gasteiger partial charge in [0.1, 0.15) is 18.1 Å². The number of amides is 2. The molecule has 0 unspecified atom stereocenters. The largest absolute Gasteiger partial charge is 0.487 e.